The minimum Gasteiger partial charge on any atom is -0.317 e. The summed E-state index contributed by atoms with van der Waals surface area (Å²) in [6, 6.07) is 0.650. The van der Waals surface area contributed by atoms with Gasteiger partial charge < -0.3 is 5.32 Å². The number of allylic oxidation sites excluding steroid dienone is 1. The molecule has 0 heterocycles. The molecule has 0 aliphatic carbocycles. The van der Waals surface area contributed by atoms with Crippen LogP contribution in [0.3, 0.4) is 0 Å². The van der Waals surface area contributed by atoms with Crippen LogP contribution >= 0.6 is 0 Å². The van der Waals surface area contributed by atoms with Crippen molar-refractivity contribution in [2.24, 2.45) is 0 Å². The zero-order valence-corrected chi connectivity index (χ0v) is 16.3. The fraction of sp³-hybridized carbons (Fsp3) is 0.867. The summed E-state index contributed by atoms with van der Waals surface area (Å²) in [4.78, 5) is 0. The van der Waals surface area contributed by atoms with Crippen LogP contribution in [-0.2, 0) is 0 Å². The van der Waals surface area contributed by atoms with Crippen molar-refractivity contribution in [2.75, 3.05) is 6.17 Å². The van der Waals surface area contributed by atoms with Crippen LogP contribution in [0.25, 0.3) is 0 Å². The van der Waals surface area contributed by atoms with Crippen molar-refractivity contribution >= 4 is 15.9 Å². The second kappa shape index (κ2) is 7.06. The molecule has 0 radical (unpaired) electrons. The van der Waals surface area contributed by atoms with Gasteiger partial charge in [-0.1, -0.05) is 52.1 Å². The van der Waals surface area contributed by atoms with Gasteiger partial charge in [-0.05, 0) is 38.4 Å². The van der Waals surface area contributed by atoms with Crippen molar-refractivity contribution < 1.29 is 0 Å². The Labute approximate surface area is 118 Å². The van der Waals surface area contributed by atoms with Crippen molar-refractivity contribution in [1.82, 2.24) is 5.32 Å². The molecule has 0 aliphatic rings. The molecule has 2 atom stereocenters. The lowest BCUT2D eigenvalue weighted by Crippen LogP contribution is -2.61. The third kappa shape index (κ3) is 4.67. The molecule has 2 unspecified atom stereocenters. The van der Waals surface area contributed by atoms with Gasteiger partial charge in [-0.3, -0.25) is 0 Å². The van der Waals surface area contributed by atoms with Crippen LogP contribution in [0.15, 0.2) is 11.3 Å². The first-order valence-electron chi connectivity index (χ1n) is 7.46. The van der Waals surface area contributed by atoms with E-state index in [0.717, 1.165) is 0 Å². The monoisotopic (exact) mass is 285 g/mol. The molecule has 3 heteroatoms. The highest BCUT2D eigenvalue weighted by Gasteiger charge is 2.45. The Morgan fingerprint density at radius 1 is 1.28 bits per heavy atom. The third-order valence-electron chi connectivity index (χ3n) is 4.33. The number of rotatable bonds is 6. The smallest absolute Gasteiger partial charge is 0.0861 e. The zero-order valence-electron chi connectivity index (χ0n) is 14.1. The summed E-state index contributed by atoms with van der Waals surface area (Å²) in [6.45, 7) is 21.6. The largest absolute Gasteiger partial charge is 0.317 e. The molecular formula is C15H35NSi2. The maximum absolute atomic E-state index is 3.82. The van der Waals surface area contributed by atoms with Gasteiger partial charge in [0, 0.05) is 14.4 Å². The Bertz CT molecular complexity index is 275. The second-order valence-corrected chi connectivity index (χ2v) is 20.4. The summed E-state index contributed by atoms with van der Waals surface area (Å²) < 4.78 is 0. The highest BCUT2D eigenvalue weighted by atomic mass is 29.2. The quantitative estimate of drug-likeness (QED) is 0.720. The van der Waals surface area contributed by atoms with Crippen LogP contribution in [0.5, 0.6) is 0 Å². The van der Waals surface area contributed by atoms with Crippen molar-refractivity contribution in [3.8, 4) is 0 Å². The fourth-order valence-corrected chi connectivity index (χ4v) is 16.8. The van der Waals surface area contributed by atoms with Gasteiger partial charge in [0.2, 0.25) is 0 Å². The van der Waals surface area contributed by atoms with Gasteiger partial charge in [0.15, 0.2) is 0 Å². The molecule has 0 aromatic heterocycles. The molecule has 0 amide bonds. The molecule has 0 aromatic rings. The minimum absolute atomic E-state index is 0.463. The Morgan fingerprint density at radius 2 is 1.78 bits per heavy atom. The molecule has 0 aromatic carbocycles. The maximum atomic E-state index is 3.82. The van der Waals surface area contributed by atoms with Gasteiger partial charge in [-0.2, -0.15) is 0 Å². The molecule has 0 bridgehead atoms. The average Bonchev–Trinajstić information content (AvgIpc) is 2.20. The van der Waals surface area contributed by atoms with Gasteiger partial charge in [0.05, 0.1) is 7.59 Å². The molecular weight excluding hydrogens is 250 g/mol. The summed E-state index contributed by atoms with van der Waals surface area (Å²) in [5, 5.41) is 4.28. The summed E-state index contributed by atoms with van der Waals surface area (Å²) in [6.07, 6.45) is 2.49. The van der Waals surface area contributed by atoms with Gasteiger partial charge >= 0.3 is 0 Å². The Hall–Kier alpha value is 0.134. The second-order valence-electron chi connectivity index (χ2n) is 7.36. The molecule has 0 saturated carbocycles. The molecule has 0 rings (SSSR count). The van der Waals surface area contributed by atoms with Crippen molar-refractivity contribution in [3.05, 3.63) is 11.3 Å². The summed E-state index contributed by atoms with van der Waals surface area (Å²) in [7, 11) is -2.02. The molecule has 108 valence electrons. The first-order valence-corrected chi connectivity index (χ1v) is 13.9. The Morgan fingerprint density at radius 3 is 2.06 bits per heavy atom. The topological polar surface area (TPSA) is 12.0 Å². The van der Waals surface area contributed by atoms with E-state index in [1.54, 1.807) is 0 Å². The van der Waals surface area contributed by atoms with Crippen LogP contribution in [0, 0.1) is 0 Å². The molecule has 0 saturated heterocycles. The third-order valence-corrected chi connectivity index (χ3v) is 21.0. The van der Waals surface area contributed by atoms with Gasteiger partial charge in [-0.15, -0.1) is 0 Å². The SMILES string of the molecule is CCC(C)NC[Si](C=C(C)C)([SiH](C)C)C(C)(C)C. The normalized spacial score (nSPS) is 17.4. The lowest BCUT2D eigenvalue weighted by molar-refractivity contribution is 0.568. The predicted molar refractivity (Wildman–Crippen MR) is 91.5 cm³/mol. The summed E-state index contributed by atoms with van der Waals surface area (Å²) in [5.74, 6) is 0. The molecule has 18 heavy (non-hydrogen) atoms. The van der Waals surface area contributed by atoms with Crippen molar-refractivity contribution in [3.63, 3.8) is 0 Å². The van der Waals surface area contributed by atoms with E-state index in [-0.39, 0.29) is 0 Å². The first kappa shape index (κ1) is 18.1. The van der Waals surface area contributed by atoms with E-state index in [9.17, 15) is 0 Å². The van der Waals surface area contributed by atoms with E-state index < -0.39 is 15.9 Å². The number of hydrogen-bond acceptors (Lipinski definition) is 1. The number of hydrogen-bond donors (Lipinski definition) is 1. The lowest BCUT2D eigenvalue weighted by atomic mass is 10.2. The predicted octanol–water partition coefficient (Wildman–Crippen LogP) is 4.23. The van der Waals surface area contributed by atoms with Gasteiger partial charge in [-0.25, -0.2) is 0 Å². The van der Waals surface area contributed by atoms with Crippen LogP contribution in [0.2, 0.25) is 18.1 Å². The van der Waals surface area contributed by atoms with Crippen LogP contribution in [0.1, 0.15) is 54.9 Å². The van der Waals surface area contributed by atoms with Crippen LogP contribution < -0.4 is 5.32 Å². The highest BCUT2D eigenvalue weighted by Crippen LogP contribution is 2.39. The van der Waals surface area contributed by atoms with E-state index in [4.69, 9.17) is 0 Å². The van der Waals surface area contributed by atoms with Crippen molar-refractivity contribution in [2.45, 2.75) is 79.1 Å². The van der Waals surface area contributed by atoms with E-state index in [1.165, 1.54) is 18.2 Å². The van der Waals surface area contributed by atoms with Crippen LogP contribution in [-0.4, -0.2) is 28.1 Å². The van der Waals surface area contributed by atoms with Gasteiger partial charge in [0.1, 0.15) is 0 Å². The molecule has 1 N–H and O–H groups in total. The molecule has 0 fully saturated rings. The minimum atomic E-state index is -1.35. The zero-order chi connectivity index (χ0) is 14.6. The lowest BCUT2D eigenvalue weighted by Gasteiger charge is -2.45. The van der Waals surface area contributed by atoms with Crippen LogP contribution in [0.4, 0.5) is 0 Å². The maximum Gasteiger partial charge on any atom is 0.0861 e. The van der Waals surface area contributed by atoms with E-state index in [0.29, 0.717) is 11.1 Å². The Balaban J connectivity index is 5.30. The van der Waals surface area contributed by atoms with E-state index in [1.807, 2.05) is 0 Å². The molecule has 0 spiro atoms. The first-order chi connectivity index (χ1) is 8.06. The Kier molecular flexibility index (Phi) is 7.11. The fourth-order valence-electron chi connectivity index (χ4n) is 2.77. The highest BCUT2D eigenvalue weighted by molar-refractivity contribution is 7.36. The molecule has 0 aliphatic heterocycles. The molecule has 1 nitrogen and oxygen atoms in total. The van der Waals surface area contributed by atoms with Crippen molar-refractivity contribution in [1.29, 1.82) is 0 Å². The van der Waals surface area contributed by atoms with E-state index in [2.05, 4.69) is 72.6 Å². The standard InChI is InChI=1S/C15H35NSi2/c1-10-14(4)16-12-18(17(8)9,11-13(2)3)15(5,6)7/h11,14,16-17H,10,12H2,1-9H3. The van der Waals surface area contributed by atoms with E-state index >= 15 is 0 Å². The summed E-state index contributed by atoms with van der Waals surface area (Å²) in [5.41, 5.74) is 4.21. The summed E-state index contributed by atoms with van der Waals surface area (Å²) >= 11 is 0. The van der Waals surface area contributed by atoms with Gasteiger partial charge in [0.25, 0.3) is 0 Å². The average molecular weight is 286 g/mol. The number of nitrogens with one attached hydrogen (secondary N) is 1.